The van der Waals surface area contributed by atoms with Crippen molar-refractivity contribution in [3.8, 4) is 0 Å². The van der Waals surface area contributed by atoms with E-state index in [9.17, 15) is 27.2 Å². The van der Waals surface area contributed by atoms with Crippen molar-refractivity contribution in [2.45, 2.75) is 24.2 Å². The van der Waals surface area contributed by atoms with Gasteiger partial charge in [-0.1, -0.05) is 30.3 Å². The highest BCUT2D eigenvalue weighted by Gasteiger charge is 2.33. The Bertz CT molecular complexity index is 1070. The standard InChI is InChI=1S/C22H23FN2O6S/c23-18-6-8-19(9-7-18)32(29,30)25-12-10-17(11-13-25)22(28)31-15-21(27)24-20(26)14-16-4-2-1-3-5-16/h1-9,17H,10-15H2,(H,24,26,27). The van der Waals surface area contributed by atoms with Crippen LogP contribution in [0.3, 0.4) is 0 Å². The molecule has 0 spiro atoms. The van der Waals surface area contributed by atoms with Crippen molar-refractivity contribution in [1.82, 2.24) is 9.62 Å². The quantitative estimate of drug-likeness (QED) is 0.627. The molecule has 0 aliphatic carbocycles. The van der Waals surface area contributed by atoms with E-state index >= 15 is 0 Å². The van der Waals surface area contributed by atoms with E-state index in [1.807, 2.05) is 6.07 Å². The van der Waals surface area contributed by atoms with E-state index in [0.717, 1.165) is 17.7 Å². The summed E-state index contributed by atoms with van der Waals surface area (Å²) < 4.78 is 44.5. The van der Waals surface area contributed by atoms with Crippen LogP contribution in [0.15, 0.2) is 59.5 Å². The van der Waals surface area contributed by atoms with Crippen molar-refractivity contribution in [3.05, 3.63) is 66.0 Å². The maximum absolute atomic E-state index is 13.0. The van der Waals surface area contributed by atoms with Crippen LogP contribution in [-0.4, -0.2) is 50.2 Å². The van der Waals surface area contributed by atoms with E-state index in [0.29, 0.717) is 0 Å². The van der Waals surface area contributed by atoms with E-state index in [1.165, 1.54) is 16.4 Å². The van der Waals surface area contributed by atoms with E-state index in [2.05, 4.69) is 5.32 Å². The van der Waals surface area contributed by atoms with Crippen LogP contribution < -0.4 is 5.32 Å². The zero-order valence-corrected chi connectivity index (χ0v) is 18.0. The summed E-state index contributed by atoms with van der Waals surface area (Å²) in [7, 11) is -3.78. The van der Waals surface area contributed by atoms with Gasteiger partial charge in [0.1, 0.15) is 5.82 Å². The van der Waals surface area contributed by atoms with Crippen LogP contribution in [-0.2, 0) is 35.6 Å². The molecule has 32 heavy (non-hydrogen) atoms. The van der Waals surface area contributed by atoms with Crippen molar-refractivity contribution in [2.24, 2.45) is 5.92 Å². The molecule has 0 radical (unpaired) electrons. The van der Waals surface area contributed by atoms with Crippen LogP contribution in [0.25, 0.3) is 0 Å². The molecule has 170 valence electrons. The van der Waals surface area contributed by atoms with Gasteiger partial charge in [0.2, 0.25) is 15.9 Å². The summed E-state index contributed by atoms with van der Waals surface area (Å²) in [4.78, 5) is 36.0. The number of sulfonamides is 1. The highest BCUT2D eigenvalue weighted by atomic mass is 32.2. The Hall–Kier alpha value is -3.11. The second kappa shape index (κ2) is 10.5. The monoisotopic (exact) mass is 462 g/mol. The van der Waals surface area contributed by atoms with E-state index in [1.54, 1.807) is 24.3 Å². The van der Waals surface area contributed by atoms with Gasteiger partial charge in [-0.2, -0.15) is 4.31 Å². The van der Waals surface area contributed by atoms with Crippen molar-refractivity contribution >= 4 is 27.8 Å². The van der Waals surface area contributed by atoms with Gasteiger partial charge in [0.15, 0.2) is 6.61 Å². The Balaban J connectivity index is 1.42. The summed E-state index contributed by atoms with van der Waals surface area (Å²) >= 11 is 0. The molecule has 1 N–H and O–H groups in total. The molecule has 1 aliphatic heterocycles. The molecule has 0 bridgehead atoms. The van der Waals surface area contributed by atoms with E-state index < -0.39 is 46.1 Å². The Labute approximate surface area is 185 Å². The molecule has 1 fully saturated rings. The van der Waals surface area contributed by atoms with Gasteiger partial charge in [-0.3, -0.25) is 19.7 Å². The van der Waals surface area contributed by atoms with Crippen molar-refractivity contribution < 1.29 is 31.9 Å². The third-order valence-electron chi connectivity index (χ3n) is 5.07. The summed E-state index contributed by atoms with van der Waals surface area (Å²) in [5.41, 5.74) is 0.747. The number of carbonyl (C=O) groups excluding carboxylic acids is 3. The molecule has 3 rings (SSSR count). The van der Waals surface area contributed by atoms with E-state index in [4.69, 9.17) is 4.74 Å². The van der Waals surface area contributed by atoms with Gasteiger partial charge in [0.05, 0.1) is 17.2 Å². The number of esters is 1. The summed E-state index contributed by atoms with van der Waals surface area (Å²) in [5, 5.41) is 2.17. The Kier molecular flexibility index (Phi) is 7.70. The summed E-state index contributed by atoms with van der Waals surface area (Å²) in [6.07, 6.45) is 0.489. The number of ether oxygens (including phenoxy) is 1. The summed E-state index contributed by atoms with van der Waals surface area (Å²) in [5.74, 6) is -2.93. The van der Waals surface area contributed by atoms with Gasteiger partial charge in [0, 0.05) is 13.1 Å². The zero-order chi connectivity index (χ0) is 23.1. The Morgan fingerprint density at radius 1 is 0.969 bits per heavy atom. The number of benzene rings is 2. The lowest BCUT2D eigenvalue weighted by Crippen LogP contribution is -2.41. The smallest absolute Gasteiger partial charge is 0.309 e. The number of hydrogen-bond donors (Lipinski definition) is 1. The number of rotatable bonds is 7. The van der Waals surface area contributed by atoms with Gasteiger partial charge < -0.3 is 4.74 Å². The predicted molar refractivity (Wildman–Crippen MR) is 112 cm³/mol. The number of carbonyl (C=O) groups is 3. The molecule has 8 nitrogen and oxygen atoms in total. The fraction of sp³-hybridized carbons (Fsp3) is 0.318. The lowest BCUT2D eigenvalue weighted by atomic mass is 9.98. The minimum absolute atomic E-state index is 0.0169. The second-order valence-corrected chi connectivity index (χ2v) is 9.31. The van der Waals surface area contributed by atoms with Gasteiger partial charge in [-0.15, -0.1) is 0 Å². The fourth-order valence-electron chi connectivity index (χ4n) is 3.36. The maximum atomic E-state index is 13.0. The fourth-order valence-corrected chi connectivity index (χ4v) is 4.83. The molecule has 10 heteroatoms. The summed E-state index contributed by atoms with van der Waals surface area (Å²) in [6.45, 7) is -0.393. The van der Waals surface area contributed by atoms with Crippen molar-refractivity contribution in [3.63, 3.8) is 0 Å². The van der Waals surface area contributed by atoms with Crippen molar-refractivity contribution in [1.29, 1.82) is 0 Å². The molecule has 0 saturated carbocycles. The topological polar surface area (TPSA) is 110 Å². The Morgan fingerprint density at radius 3 is 2.22 bits per heavy atom. The minimum Gasteiger partial charge on any atom is -0.455 e. The lowest BCUT2D eigenvalue weighted by Gasteiger charge is -2.30. The van der Waals surface area contributed by atoms with Crippen LogP contribution >= 0.6 is 0 Å². The maximum Gasteiger partial charge on any atom is 0.309 e. The number of amides is 2. The first kappa shape index (κ1) is 23.6. The molecule has 1 saturated heterocycles. The number of nitrogens with zero attached hydrogens (tertiary/aromatic N) is 1. The van der Waals surface area contributed by atoms with Crippen LogP contribution in [0.2, 0.25) is 0 Å². The number of hydrogen-bond acceptors (Lipinski definition) is 6. The Morgan fingerprint density at radius 2 is 1.59 bits per heavy atom. The van der Waals surface area contributed by atoms with Gasteiger partial charge >= 0.3 is 5.97 Å². The van der Waals surface area contributed by atoms with Crippen LogP contribution in [0.1, 0.15) is 18.4 Å². The first-order valence-electron chi connectivity index (χ1n) is 10.0. The normalized spacial score (nSPS) is 15.2. The minimum atomic E-state index is -3.78. The predicted octanol–water partition coefficient (Wildman–Crippen LogP) is 1.66. The molecule has 2 aromatic rings. The lowest BCUT2D eigenvalue weighted by molar-refractivity contribution is -0.154. The average Bonchev–Trinajstić information content (AvgIpc) is 2.78. The molecular formula is C22H23FN2O6S. The third kappa shape index (κ3) is 6.21. The average molecular weight is 462 g/mol. The number of piperidine rings is 1. The second-order valence-electron chi connectivity index (χ2n) is 7.37. The third-order valence-corrected chi connectivity index (χ3v) is 6.98. The number of nitrogens with one attached hydrogen (secondary N) is 1. The number of halogens is 1. The highest BCUT2D eigenvalue weighted by Crippen LogP contribution is 2.24. The molecule has 0 atom stereocenters. The summed E-state index contributed by atoms with van der Waals surface area (Å²) in [6, 6.07) is 13.4. The van der Waals surface area contributed by atoms with Gasteiger partial charge in [-0.25, -0.2) is 12.8 Å². The van der Waals surface area contributed by atoms with Crippen LogP contribution in [0.5, 0.6) is 0 Å². The van der Waals surface area contributed by atoms with Crippen molar-refractivity contribution in [2.75, 3.05) is 19.7 Å². The van der Waals surface area contributed by atoms with E-state index in [-0.39, 0.29) is 37.2 Å². The van der Waals surface area contributed by atoms with Gasteiger partial charge in [-0.05, 0) is 42.7 Å². The first-order valence-corrected chi connectivity index (χ1v) is 11.5. The SMILES string of the molecule is O=C(COC(=O)C1CCN(S(=O)(=O)c2ccc(F)cc2)CC1)NC(=O)Cc1ccccc1. The molecule has 1 heterocycles. The molecule has 2 amide bonds. The molecule has 2 aromatic carbocycles. The van der Waals surface area contributed by atoms with Crippen LogP contribution in [0, 0.1) is 11.7 Å². The molecule has 0 aromatic heterocycles. The van der Waals surface area contributed by atoms with Gasteiger partial charge in [0.25, 0.3) is 5.91 Å². The largest absolute Gasteiger partial charge is 0.455 e. The highest BCUT2D eigenvalue weighted by molar-refractivity contribution is 7.89. The molecule has 0 unspecified atom stereocenters. The first-order chi connectivity index (χ1) is 15.3. The van der Waals surface area contributed by atoms with Crippen LogP contribution in [0.4, 0.5) is 4.39 Å². The molecule has 1 aliphatic rings. The number of imide groups is 1. The zero-order valence-electron chi connectivity index (χ0n) is 17.2. The molecular weight excluding hydrogens is 439 g/mol.